The van der Waals surface area contributed by atoms with E-state index in [-0.39, 0.29) is 12.5 Å². The van der Waals surface area contributed by atoms with E-state index < -0.39 is 0 Å². The lowest BCUT2D eigenvalue weighted by molar-refractivity contribution is 0.0950. The molecule has 122 valence electrons. The highest BCUT2D eigenvalue weighted by atomic mass is 32.1. The van der Waals surface area contributed by atoms with Crippen LogP contribution in [0.4, 0.5) is 0 Å². The van der Waals surface area contributed by atoms with Crippen LogP contribution in [-0.2, 0) is 13.2 Å². The van der Waals surface area contributed by atoms with Gasteiger partial charge in [-0.1, -0.05) is 36.4 Å². The van der Waals surface area contributed by atoms with Crippen LogP contribution >= 0.6 is 11.3 Å². The lowest BCUT2D eigenvalue weighted by Crippen LogP contribution is -2.23. The van der Waals surface area contributed by atoms with Gasteiger partial charge in [-0.15, -0.1) is 11.3 Å². The SMILES string of the molecule is Cc1nc(-c2cccc(C(=O)NCc3ccccc3CO)c2)cs1. The third kappa shape index (κ3) is 3.69. The number of aryl methyl sites for hydroxylation is 1. The van der Waals surface area contributed by atoms with Gasteiger partial charge in [0, 0.05) is 23.1 Å². The van der Waals surface area contributed by atoms with Crippen molar-refractivity contribution in [3.8, 4) is 11.3 Å². The number of carbonyl (C=O) groups excluding carboxylic acids is 1. The maximum Gasteiger partial charge on any atom is 0.251 e. The van der Waals surface area contributed by atoms with Gasteiger partial charge >= 0.3 is 0 Å². The van der Waals surface area contributed by atoms with E-state index in [4.69, 9.17) is 0 Å². The van der Waals surface area contributed by atoms with Crippen LogP contribution in [0.5, 0.6) is 0 Å². The van der Waals surface area contributed by atoms with Crippen LogP contribution in [0.25, 0.3) is 11.3 Å². The number of rotatable bonds is 5. The molecule has 0 aliphatic rings. The maximum atomic E-state index is 12.4. The lowest BCUT2D eigenvalue weighted by Gasteiger charge is -2.09. The number of aliphatic hydroxyl groups excluding tert-OH is 1. The largest absolute Gasteiger partial charge is 0.392 e. The van der Waals surface area contributed by atoms with Crippen molar-refractivity contribution in [1.29, 1.82) is 0 Å². The van der Waals surface area contributed by atoms with Crippen LogP contribution in [0.2, 0.25) is 0 Å². The summed E-state index contributed by atoms with van der Waals surface area (Å²) in [6.07, 6.45) is 0. The second-order valence-corrected chi connectivity index (χ2v) is 6.50. The minimum Gasteiger partial charge on any atom is -0.392 e. The van der Waals surface area contributed by atoms with Crippen molar-refractivity contribution in [2.24, 2.45) is 0 Å². The minimum absolute atomic E-state index is 0.0370. The molecule has 0 saturated heterocycles. The third-order valence-corrected chi connectivity index (χ3v) is 4.54. The van der Waals surface area contributed by atoms with E-state index in [1.165, 1.54) is 0 Å². The van der Waals surface area contributed by atoms with Gasteiger partial charge in [0.2, 0.25) is 0 Å². The zero-order valence-corrected chi connectivity index (χ0v) is 14.1. The Balaban J connectivity index is 1.73. The standard InChI is InChI=1S/C19H18N2O2S/c1-13-21-18(12-24-13)14-7-4-8-15(9-14)19(23)20-10-16-5-2-3-6-17(16)11-22/h2-9,12,22H,10-11H2,1H3,(H,20,23). The van der Waals surface area contributed by atoms with E-state index in [1.807, 2.05) is 54.8 Å². The third-order valence-electron chi connectivity index (χ3n) is 3.77. The Morgan fingerprint density at radius 3 is 2.67 bits per heavy atom. The summed E-state index contributed by atoms with van der Waals surface area (Å²) in [5.74, 6) is -0.142. The fraction of sp³-hybridized carbons (Fsp3) is 0.158. The monoisotopic (exact) mass is 338 g/mol. The molecule has 3 aromatic rings. The van der Waals surface area contributed by atoms with Crippen LogP contribution in [0.3, 0.4) is 0 Å². The zero-order chi connectivity index (χ0) is 16.9. The molecule has 5 heteroatoms. The van der Waals surface area contributed by atoms with Crippen molar-refractivity contribution in [2.45, 2.75) is 20.1 Å². The maximum absolute atomic E-state index is 12.4. The molecule has 0 aliphatic carbocycles. The number of hydrogen-bond acceptors (Lipinski definition) is 4. The Morgan fingerprint density at radius 1 is 1.17 bits per heavy atom. The molecule has 24 heavy (non-hydrogen) atoms. The van der Waals surface area contributed by atoms with Gasteiger partial charge in [-0.05, 0) is 30.2 Å². The summed E-state index contributed by atoms with van der Waals surface area (Å²) >= 11 is 1.59. The summed E-state index contributed by atoms with van der Waals surface area (Å²) in [4.78, 5) is 16.9. The molecule has 0 saturated carbocycles. The van der Waals surface area contributed by atoms with Crippen LogP contribution in [0, 0.1) is 6.92 Å². The number of benzene rings is 2. The van der Waals surface area contributed by atoms with Gasteiger partial charge in [-0.2, -0.15) is 0 Å². The predicted octanol–water partition coefficient (Wildman–Crippen LogP) is 3.54. The van der Waals surface area contributed by atoms with Gasteiger partial charge in [0.1, 0.15) is 0 Å². The normalized spacial score (nSPS) is 10.6. The first kappa shape index (κ1) is 16.4. The summed E-state index contributed by atoms with van der Waals surface area (Å²) in [7, 11) is 0. The number of amides is 1. The molecule has 1 amide bonds. The first-order valence-corrected chi connectivity index (χ1v) is 8.54. The smallest absolute Gasteiger partial charge is 0.251 e. The fourth-order valence-electron chi connectivity index (χ4n) is 2.48. The second-order valence-electron chi connectivity index (χ2n) is 5.44. The zero-order valence-electron chi connectivity index (χ0n) is 13.3. The Bertz CT molecular complexity index is 858. The summed E-state index contributed by atoms with van der Waals surface area (Å²) in [6, 6.07) is 15.0. The molecule has 0 aliphatic heterocycles. The van der Waals surface area contributed by atoms with Crippen LogP contribution < -0.4 is 5.32 Å². The van der Waals surface area contributed by atoms with E-state index >= 15 is 0 Å². The molecule has 0 radical (unpaired) electrons. The topological polar surface area (TPSA) is 62.2 Å². The highest BCUT2D eigenvalue weighted by Crippen LogP contribution is 2.22. The molecular weight excluding hydrogens is 320 g/mol. The van der Waals surface area contributed by atoms with Crippen molar-refractivity contribution in [1.82, 2.24) is 10.3 Å². The van der Waals surface area contributed by atoms with E-state index in [0.717, 1.165) is 27.4 Å². The molecule has 2 aromatic carbocycles. The van der Waals surface area contributed by atoms with E-state index in [2.05, 4.69) is 10.3 Å². The summed E-state index contributed by atoms with van der Waals surface area (Å²) in [6.45, 7) is 2.31. The number of hydrogen-bond donors (Lipinski definition) is 2. The lowest BCUT2D eigenvalue weighted by atomic mass is 10.1. The molecule has 1 heterocycles. The van der Waals surface area contributed by atoms with Crippen LogP contribution in [0.1, 0.15) is 26.5 Å². The second kappa shape index (κ2) is 7.38. The molecule has 0 unspecified atom stereocenters. The molecular formula is C19H18N2O2S. The average molecular weight is 338 g/mol. The van der Waals surface area contributed by atoms with Crippen molar-refractivity contribution in [3.05, 3.63) is 75.6 Å². The highest BCUT2D eigenvalue weighted by Gasteiger charge is 2.09. The molecule has 1 aromatic heterocycles. The first-order chi connectivity index (χ1) is 11.7. The minimum atomic E-state index is -0.142. The van der Waals surface area contributed by atoms with Crippen molar-refractivity contribution in [3.63, 3.8) is 0 Å². The number of aromatic nitrogens is 1. The molecule has 0 fully saturated rings. The number of carbonyl (C=O) groups is 1. The van der Waals surface area contributed by atoms with E-state index in [0.29, 0.717) is 12.1 Å². The van der Waals surface area contributed by atoms with E-state index in [1.54, 1.807) is 17.4 Å². The molecule has 0 bridgehead atoms. The molecule has 2 N–H and O–H groups in total. The number of nitrogens with zero attached hydrogens (tertiary/aromatic N) is 1. The van der Waals surface area contributed by atoms with Gasteiger partial charge in [0.05, 0.1) is 17.3 Å². The van der Waals surface area contributed by atoms with E-state index in [9.17, 15) is 9.90 Å². The van der Waals surface area contributed by atoms with Crippen LogP contribution in [-0.4, -0.2) is 16.0 Å². The Kier molecular flexibility index (Phi) is 5.03. The van der Waals surface area contributed by atoms with Crippen molar-refractivity contribution >= 4 is 17.2 Å². The average Bonchev–Trinajstić information content (AvgIpc) is 3.06. The summed E-state index contributed by atoms with van der Waals surface area (Å²) < 4.78 is 0. The van der Waals surface area contributed by atoms with Gasteiger partial charge in [0.25, 0.3) is 5.91 Å². The molecule has 3 rings (SSSR count). The number of thiazole rings is 1. The van der Waals surface area contributed by atoms with Gasteiger partial charge in [-0.3, -0.25) is 4.79 Å². The highest BCUT2D eigenvalue weighted by molar-refractivity contribution is 7.09. The van der Waals surface area contributed by atoms with Gasteiger partial charge in [0.15, 0.2) is 0 Å². The Hall–Kier alpha value is -2.50. The van der Waals surface area contributed by atoms with Crippen molar-refractivity contribution in [2.75, 3.05) is 0 Å². The molecule has 0 atom stereocenters. The van der Waals surface area contributed by atoms with Crippen molar-refractivity contribution < 1.29 is 9.90 Å². The quantitative estimate of drug-likeness (QED) is 0.748. The fourth-order valence-corrected chi connectivity index (χ4v) is 3.10. The summed E-state index contributed by atoms with van der Waals surface area (Å²) in [5, 5.41) is 15.2. The molecule has 0 spiro atoms. The summed E-state index contributed by atoms with van der Waals surface area (Å²) in [5.41, 5.74) is 4.16. The number of aliphatic hydroxyl groups is 1. The Morgan fingerprint density at radius 2 is 1.96 bits per heavy atom. The van der Waals surface area contributed by atoms with Crippen LogP contribution in [0.15, 0.2) is 53.9 Å². The molecule has 4 nitrogen and oxygen atoms in total. The van der Waals surface area contributed by atoms with Gasteiger partial charge < -0.3 is 10.4 Å². The number of nitrogens with one attached hydrogen (secondary N) is 1. The van der Waals surface area contributed by atoms with Gasteiger partial charge in [-0.25, -0.2) is 4.98 Å². The Labute approximate surface area is 144 Å². The first-order valence-electron chi connectivity index (χ1n) is 7.66. The predicted molar refractivity (Wildman–Crippen MR) is 95.8 cm³/mol.